The predicted octanol–water partition coefficient (Wildman–Crippen LogP) is 3.77. The van der Waals surface area contributed by atoms with E-state index >= 15 is 0 Å². The largest absolute Gasteiger partial charge is 0.490 e. The van der Waals surface area contributed by atoms with E-state index in [2.05, 4.69) is 47.6 Å². The highest BCUT2D eigenvalue weighted by Gasteiger charge is 2.16. The van der Waals surface area contributed by atoms with E-state index in [9.17, 15) is 0 Å². The molecular weight excluding hydrogens is 378 g/mol. The maximum Gasteiger partial charge on any atom is 0.191 e. The van der Waals surface area contributed by atoms with E-state index < -0.39 is 0 Å². The Kier molecular flexibility index (Phi) is 9.02. The Morgan fingerprint density at radius 3 is 2.40 bits per heavy atom. The Labute approximate surface area is 180 Å². The third-order valence-electron chi connectivity index (χ3n) is 5.10. The van der Waals surface area contributed by atoms with Gasteiger partial charge in [0.05, 0.1) is 24.9 Å². The lowest BCUT2D eigenvalue weighted by atomic mass is 10.1. The molecule has 0 saturated heterocycles. The number of ether oxygens (including phenoxy) is 2. The van der Waals surface area contributed by atoms with Crippen LogP contribution in [0.4, 0.5) is 0 Å². The van der Waals surface area contributed by atoms with Crippen LogP contribution in [0.5, 0.6) is 11.5 Å². The standard InChI is InChI=1S/C23H37N5O2/c1-8-19-18(20(9-2)28(7)27-19)15-25-23(24-6)26-16(5)17-12-13-21(29-10-3)22(14-17)30-11-4/h12-14,16H,8-11,15H2,1-7H3,(H2,24,25,26). The molecule has 0 amide bonds. The Hall–Kier alpha value is -2.70. The summed E-state index contributed by atoms with van der Waals surface area (Å²) in [6, 6.07) is 6.11. The van der Waals surface area contributed by atoms with E-state index in [1.54, 1.807) is 7.05 Å². The highest BCUT2D eigenvalue weighted by Crippen LogP contribution is 2.30. The minimum atomic E-state index is 0.0521. The van der Waals surface area contributed by atoms with Crippen molar-refractivity contribution in [2.45, 2.75) is 60.0 Å². The lowest BCUT2D eigenvalue weighted by Crippen LogP contribution is -2.38. The molecule has 2 rings (SSSR count). The lowest BCUT2D eigenvalue weighted by Gasteiger charge is -2.20. The molecule has 1 heterocycles. The van der Waals surface area contributed by atoms with Crippen molar-refractivity contribution in [2.75, 3.05) is 20.3 Å². The number of nitrogens with one attached hydrogen (secondary N) is 2. The van der Waals surface area contributed by atoms with Gasteiger partial charge in [0.25, 0.3) is 0 Å². The van der Waals surface area contributed by atoms with Gasteiger partial charge in [0.1, 0.15) is 0 Å². The molecular formula is C23H37N5O2. The van der Waals surface area contributed by atoms with E-state index in [4.69, 9.17) is 9.47 Å². The molecule has 1 aromatic heterocycles. The van der Waals surface area contributed by atoms with Crippen LogP contribution in [0.3, 0.4) is 0 Å². The smallest absolute Gasteiger partial charge is 0.191 e. The fraction of sp³-hybridized carbons (Fsp3) is 0.565. The third-order valence-corrected chi connectivity index (χ3v) is 5.10. The summed E-state index contributed by atoms with van der Waals surface area (Å²) in [5, 5.41) is 11.6. The first-order valence-electron chi connectivity index (χ1n) is 10.9. The molecule has 1 atom stereocenters. The molecule has 1 unspecified atom stereocenters. The summed E-state index contributed by atoms with van der Waals surface area (Å²) in [5.74, 6) is 2.29. The topological polar surface area (TPSA) is 72.7 Å². The molecule has 7 nitrogen and oxygen atoms in total. The van der Waals surface area contributed by atoms with Crippen molar-refractivity contribution in [1.82, 2.24) is 20.4 Å². The second-order valence-corrected chi connectivity index (χ2v) is 7.07. The van der Waals surface area contributed by atoms with E-state index in [-0.39, 0.29) is 6.04 Å². The van der Waals surface area contributed by atoms with Crippen LogP contribution >= 0.6 is 0 Å². The lowest BCUT2D eigenvalue weighted by molar-refractivity contribution is 0.287. The van der Waals surface area contributed by atoms with E-state index in [1.807, 2.05) is 37.7 Å². The Morgan fingerprint density at radius 2 is 1.80 bits per heavy atom. The molecule has 0 bridgehead atoms. The van der Waals surface area contributed by atoms with Gasteiger partial charge in [0, 0.05) is 31.9 Å². The van der Waals surface area contributed by atoms with E-state index in [0.29, 0.717) is 19.8 Å². The van der Waals surface area contributed by atoms with Crippen molar-refractivity contribution in [3.8, 4) is 11.5 Å². The number of nitrogens with zero attached hydrogens (tertiary/aromatic N) is 3. The normalized spacial score (nSPS) is 12.6. The number of hydrogen-bond acceptors (Lipinski definition) is 4. The van der Waals surface area contributed by atoms with Gasteiger partial charge < -0.3 is 20.1 Å². The summed E-state index contributed by atoms with van der Waals surface area (Å²) >= 11 is 0. The van der Waals surface area contributed by atoms with Gasteiger partial charge in [-0.3, -0.25) is 9.67 Å². The first-order valence-corrected chi connectivity index (χ1v) is 10.9. The zero-order chi connectivity index (χ0) is 22.1. The number of hydrogen-bond donors (Lipinski definition) is 2. The second kappa shape index (κ2) is 11.5. The van der Waals surface area contributed by atoms with Crippen molar-refractivity contribution < 1.29 is 9.47 Å². The Bertz CT molecular complexity index is 844. The summed E-state index contributed by atoms with van der Waals surface area (Å²) < 4.78 is 13.4. The Balaban J connectivity index is 2.10. The molecule has 166 valence electrons. The molecule has 0 aliphatic rings. The Morgan fingerprint density at radius 1 is 1.10 bits per heavy atom. The average molecular weight is 416 g/mol. The molecule has 30 heavy (non-hydrogen) atoms. The molecule has 1 aromatic carbocycles. The summed E-state index contributed by atoms with van der Waals surface area (Å²) in [5.41, 5.74) is 4.77. The zero-order valence-electron chi connectivity index (χ0n) is 19.5. The second-order valence-electron chi connectivity index (χ2n) is 7.07. The van der Waals surface area contributed by atoms with E-state index in [0.717, 1.165) is 41.6 Å². The molecule has 7 heteroatoms. The van der Waals surface area contributed by atoms with Crippen molar-refractivity contribution >= 4 is 5.96 Å². The fourth-order valence-corrected chi connectivity index (χ4v) is 3.59. The van der Waals surface area contributed by atoms with Gasteiger partial charge in [0.15, 0.2) is 17.5 Å². The maximum absolute atomic E-state index is 5.76. The number of aliphatic imine (C=N–C) groups is 1. The average Bonchev–Trinajstić information content (AvgIpc) is 3.06. The van der Waals surface area contributed by atoms with Gasteiger partial charge in [-0.05, 0) is 51.3 Å². The highest BCUT2D eigenvalue weighted by molar-refractivity contribution is 5.80. The predicted molar refractivity (Wildman–Crippen MR) is 122 cm³/mol. The van der Waals surface area contributed by atoms with Crippen LogP contribution in [0.15, 0.2) is 23.2 Å². The zero-order valence-corrected chi connectivity index (χ0v) is 19.5. The quantitative estimate of drug-likeness (QED) is 0.456. The minimum Gasteiger partial charge on any atom is -0.490 e. The van der Waals surface area contributed by atoms with Crippen LogP contribution in [0, 0.1) is 0 Å². The van der Waals surface area contributed by atoms with Crippen LogP contribution in [0.1, 0.15) is 63.2 Å². The van der Waals surface area contributed by atoms with Crippen LogP contribution in [-0.2, 0) is 26.4 Å². The third kappa shape index (κ3) is 5.68. The van der Waals surface area contributed by atoms with Crippen molar-refractivity contribution in [1.29, 1.82) is 0 Å². The van der Waals surface area contributed by atoms with Gasteiger partial charge in [-0.1, -0.05) is 19.9 Å². The van der Waals surface area contributed by atoms with E-state index in [1.165, 1.54) is 11.3 Å². The van der Waals surface area contributed by atoms with Gasteiger partial charge in [-0.15, -0.1) is 0 Å². The highest BCUT2D eigenvalue weighted by atomic mass is 16.5. The van der Waals surface area contributed by atoms with Crippen molar-refractivity contribution in [3.63, 3.8) is 0 Å². The molecule has 2 N–H and O–H groups in total. The number of guanidine groups is 1. The van der Waals surface area contributed by atoms with Crippen LogP contribution < -0.4 is 20.1 Å². The summed E-state index contributed by atoms with van der Waals surface area (Å²) in [6.07, 6.45) is 1.87. The van der Waals surface area contributed by atoms with Crippen LogP contribution in [-0.4, -0.2) is 36.0 Å². The first-order chi connectivity index (χ1) is 14.5. The molecule has 2 aromatic rings. The molecule has 0 aliphatic heterocycles. The fourth-order valence-electron chi connectivity index (χ4n) is 3.59. The summed E-state index contributed by atoms with van der Waals surface area (Å²) in [7, 11) is 3.80. The number of rotatable bonds is 10. The van der Waals surface area contributed by atoms with Crippen molar-refractivity contribution in [2.24, 2.45) is 12.0 Å². The van der Waals surface area contributed by atoms with Crippen LogP contribution in [0.25, 0.3) is 0 Å². The molecule has 0 radical (unpaired) electrons. The number of aromatic nitrogens is 2. The van der Waals surface area contributed by atoms with Gasteiger partial charge in [-0.2, -0.15) is 5.10 Å². The molecule has 0 saturated carbocycles. The minimum absolute atomic E-state index is 0.0521. The van der Waals surface area contributed by atoms with Crippen molar-refractivity contribution in [3.05, 3.63) is 40.7 Å². The van der Waals surface area contributed by atoms with Gasteiger partial charge >= 0.3 is 0 Å². The summed E-state index contributed by atoms with van der Waals surface area (Å²) in [6.45, 7) is 12.3. The van der Waals surface area contributed by atoms with Gasteiger partial charge in [0.2, 0.25) is 0 Å². The monoisotopic (exact) mass is 415 g/mol. The SMILES string of the molecule is CCOc1ccc(C(C)NC(=NC)NCc2c(CC)nn(C)c2CC)cc1OCC. The molecule has 0 spiro atoms. The molecule has 0 aliphatic carbocycles. The number of benzene rings is 1. The maximum atomic E-state index is 5.76. The van der Waals surface area contributed by atoms with Crippen LogP contribution in [0.2, 0.25) is 0 Å². The number of aryl methyl sites for hydroxylation is 2. The first kappa shape index (κ1) is 23.6. The summed E-state index contributed by atoms with van der Waals surface area (Å²) in [4.78, 5) is 4.40. The molecule has 0 fully saturated rings. The van der Waals surface area contributed by atoms with Gasteiger partial charge in [-0.25, -0.2) is 0 Å².